The van der Waals surface area contributed by atoms with Gasteiger partial charge in [-0.15, -0.1) is 0 Å². The van der Waals surface area contributed by atoms with E-state index in [2.05, 4.69) is 43.3 Å². The number of benzene rings is 1. The fourth-order valence-electron chi connectivity index (χ4n) is 7.58. The number of aryl methyl sites for hydroxylation is 1. The van der Waals surface area contributed by atoms with E-state index in [1.807, 2.05) is 40.9 Å². The maximum Gasteiger partial charge on any atom is 0.410 e. The van der Waals surface area contributed by atoms with Crippen LogP contribution in [0.2, 0.25) is 0 Å². The van der Waals surface area contributed by atoms with Crippen molar-refractivity contribution >= 4 is 27.5 Å². The van der Waals surface area contributed by atoms with Gasteiger partial charge < -0.3 is 19.3 Å². The highest BCUT2D eigenvalue weighted by atomic mass is 32.2. The number of hydrogen-bond donors (Lipinski definition) is 0. The number of aromatic nitrogens is 3. The summed E-state index contributed by atoms with van der Waals surface area (Å²) in [6.45, 7) is 7.19. The lowest BCUT2D eigenvalue weighted by Crippen LogP contribution is -2.57. The summed E-state index contributed by atoms with van der Waals surface area (Å²) in [4.78, 5) is 35.4. The van der Waals surface area contributed by atoms with Gasteiger partial charge in [-0.3, -0.25) is 14.5 Å². The highest BCUT2D eigenvalue weighted by Crippen LogP contribution is 2.38. The van der Waals surface area contributed by atoms with Crippen molar-refractivity contribution in [3.63, 3.8) is 0 Å². The van der Waals surface area contributed by atoms with E-state index in [-0.39, 0.29) is 37.1 Å². The number of carbonyl (C=O) groups excluding carboxylic acids is 2. The molecular weight excluding hydrogens is 655 g/mol. The van der Waals surface area contributed by atoms with E-state index in [9.17, 15) is 18.0 Å². The van der Waals surface area contributed by atoms with Crippen molar-refractivity contribution in [3.05, 3.63) is 60.2 Å². The van der Waals surface area contributed by atoms with Crippen molar-refractivity contribution in [1.29, 1.82) is 0 Å². The molecule has 2 aromatic heterocycles. The number of sulfone groups is 1. The van der Waals surface area contributed by atoms with Crippen LogP contribution in [0.4, 0.5) is 10.5 Å². The second kappa shape index (κ2) is 15.1. The summed E-state index contributed by atoms with van der Waals surface area (Å²) in [5.74, 6) is 1.53. The molecule has 1 aromatic carbocycles. The van der Waals surface area contributed by atoms with Crippen molar-refractivity contribution in [2.45, 2.75) is 95.5 Å². The molecule has 12 heteroatoms. The molecule has 2 amide bonds. The first kappa shape index (κ1) is 35.9. The zero-order valence-corrected chi connectivity index (χ0v) is 30.8. The molecule has 0 spiro atoms. The molecule has 6 rings (SSSR count). The van der Waals surface area contributed by atoms with Crippen molar-refractivity contribution in [3.8, 4) is 16.9 Å². The Hall–Kier alpha value is -3.93. The molecule has 1 saturated heterocycles. The first-order valence-electron chi connectivity index (χ1n) is 18.0. The second-order valence-electron chi connectivity index (χ2n) is 14.8. The van der Waals surface area contributed by atoms with Crippen LogP contribution in [0.5, 0.6) is 5.75 Å². The van der Waals surface area contributed by atoms with E-state index < -0.39 is 21.2 Å². The molecular formula is C38H51N5O6S. The van der Waals surface area contributed by atoms with Gasteiger partial charge in [0.25, 0.3) is 0 Å². The molecule has 3 aromatic rings. The Morgan fingerprint density at radius 3 is 2.32 bits per heavy atom. The van der Waals surface area contributed by atoms with Crippen LogP contribution in [0.25, 0.3) is 11.1 Å². The third-order valence-electron chi connectivity index (χ3n) is 10.9. The molecule has 11 nitrogen and oxygen atoms in total. The molecule has 2 saturated carbocycles. The van der Waals surface area contributed by atoms with Gasteiger partial charge in [-0.05, 0) is 108 Å². The lowest BCUT2D eigenvalue weighted by atomic mass is 9.79. The lowest BCUT2D eigenvalue weighted by Gasteiger charge is -2.39. The molecule has 270 valence electrons. The van der Waals surface area contributed by atoms with Crippen LogP contribution in [0, 0.1) is 18.8 Å². The molecule has 1 aliphatic heterocycles. The fourth-order valence-corrected chi connectivity index (χ4v) is 8.48. The summed E-state index contributed by atoms with van der Waals surface area (Å²) in [6, 6.07) is 12.6. The molecule has 2 aliphatic carbocycles. The summed E-state index contributed by atoms with van der Waals surface area (Å²) < 4.78 is 36.6. The zero-order chi connectivity index (χ0) is 35.6. The first-order chi connectivity index (χ1) is 23.9. The molecule has 0 N–H and O–H groups in total. The van der Waals surface area contributed by atoms with E-state index in [1.54, 1.807) is 7.11 Å². The third-order valence-corrected chi connectivity index (χ3v) is 12.4. The highest BCUT2D eigenvalue weighted by Gasteiger charge is 2.40. The van der Waals surface area contributed by atoms with Crippen molar-refractivity contribution in [2.75, 3.05) is 37.9 Å². The molecule has 3 aliphatic rings. The Bertz CT molecular complexity index is 1770. The minimum Gasteiger partial charge on any atom is -0.495 e. The Kier molecular flexibility index (Phi) is 10.9. The van der Waals surface area contributed by atoms with E-state index in [0.29, 0.717) is 44.1 Å². The second-order valence-corrected chi connectivity index (χ2v) is 17.1. The third kappa shape index (κ3) is 8.16. The van der Waals surface area contributed by atoms with E-state index in [0.717, 1.165) is 59.6 Å². The summed E-state index contributed by atoms with van der Waals surface area (Å²) in [7, 11) is -1.50. The van der Waals surface area contributed by atoms with Gasteiger partial charge in [0.2, 0.25) is 5.91 Å². The number of likely N-dealkylation sites (tertiary alicyclic amines) is 1. The summed E-state index contributed by atoms with van der Waals surface area (Å²) in [5, 5.41) is 4.02. The number of hydrogen-bond acceptors (Lipinski definition) is 8. The van der Waals surface area contributed by atoms with Gasteiger partial charge in [0.15, 0.2) is 9.84 Å². The number of pyridine rings is 1. The minimum atomic E-state index is -3.17. The summed E-state index contributed by atoms with van der Waals surface area (Å²) >= 11 is 0. The average molecular weight is 706 g/mol. The monoisotopic (exact) mass is 705 g/mol. The van der Waals surface area contributed by atoms with Gasteiger partial charge in [0, 0.05) is 66.9 Å². The van der Waals surface area contributed by atoms with Gasteiger partial charge in [-0.1, -0.05) is 12.1 Å². The SMILES string of the molecule is COc1ccc([C@H]2CC[C@H](CN(c3cccc(-c4cnn(C(C)C)c4)c3)C(=O)[C@H]3CC[C@H](OC(=O)N4CC(S(C)(=O)=O)C4)CC3)CC2)nc1C. The van der Waals surface area contributed by atoms with Crippen LogP contribution in [0.1, 0.15) is 88.6 Å². The van der Waals surface area contributed by atoms with Gasteiger partial charge >= 0.3 is 6.09 Å². The fraction of sp³-hybridized carbons (Fsp3) is 0.579. The van der Waals surface area contributed by atoms with E-state index in [1.165, 1.54) is 11.2 Å². The smallest absolute Gasteiger partial charge is 0.410 e. The molecule has 0 radical (unpaired) electrons. The molecule has 3 fully saturated rings. The molecule has 50 heavy (non-hydrogen) atoms. The van der Waals surface area contributed by atoms with Crippen molar-refractivity contribution in [1.82, 2.24) is 19.7 Å². The Labute approximate surface area is 296 Å². The minimum absolute atomic E-state index is 0.123. The number of nitrogens with zero attached hydrogens (tertiary/aromatic N) is 5. The normalized spacial score (nSPS) is 23.0. The van der Waals surface area contributed by atoms with Gasteiger partial charge in [-0.25, -0.2) is 13.2 Å². The van der Waals surface area contributed by atoms with Crippen LogP contribution < -0.4 is 9.64 Å². The van der Waals surface area contributed by atoms with Crippen LogP contribution in [0.3, 0.4) is 0 Å². The van der Waals surface area contributed by atoms with Crippen molar-refractivity contribution in [2.24, 2.45) is 11.8 Å². The number of ether oxygens (including phenoxy) is 2. The van der Waals surface area contributed by atoms with Crippen LogP contribution in [-0.2, 0) is 19.4 Å². The number of methoxy groups -OCH3 is 1. The predicted molar refractivity (Wildman–Crippen MR) is 193 cm³/mol. The van der Waals surface area contributed by atoms with Gasteiger partial charge in [0.05, 0.1) is 24.3 Å². The molecule has 3 heterocycles. The summed E-state index contributed by atoms with van der Waals surface area (Å²) in [5.41, 5.74) is 4.96. The van der Waals surface area contributed by atoms with Gasteiger partial charge in [0.1, 0.15) is 11.9 Å². The predicted octanol–water partition coefficient (Wildman–Crippen LogP) is 6.57. The van der Waals surface area contributed by atoms with E-state index >= 15 is 0 Å². The number of amides is 2. The Morgan fingerprint density at radius 2 is 1.70 bits per heavy atom. The Morgan fingerprint density at radius 1 is 0.980 bits per heavy atom. The Balaban J connectivity index is 1.13. The van der Waals surface area contributed by atoms with Crippen LogP contribution in [0.15, 0.2) is 48.8 Å². The van der Waals surface area contributed by atoms with Gasteiger partial charge in [-0.2, -0.15) is 5.10 Å². The topological polar surface area (TPSA) is 124 Å². The van der Waals surface area contributed by atoms with Crippen LogP contribution >= 0.6 is 0 Å². The number of carbonyl (C=O) groups is 2. The molecule has 0 bridgehead atoms. The number of rotatable bonds is 10. The highest BCUT2D eigenvalue weighted by molar-refractivity contribution is 7.91. The largest absolute Gasteiger partial charge is 0.495 e. The average Bonchev–Trinajstić information content (AvgIpc) is 3.57. The molecule has 0 unspecified atom stereocenters. The first-order valence-corrected chi connectivity index (χ1v) is 20.0. The maximum absolute atomic E-state index is 14.4. The molecule has 0 atom stereocenters. The standard InChI is InChI=1S/C38H51N5O6S/c1-25(2)43-22-31(20-39-43)30-7-6-8-32(19-30)42(21-27-9-11-28(12-10-27)35-17-18-36(48-4)26(3)40-35)37(44)29-13-15-33(16-14-29)49-38(45)41-23-34(24-41)50(5,46)47/h6-8,17-20,22,25,27-29,33-34H,9-16,21,23-24H2,1-5H3/t27-,28-,29-,33-. The quantitative estimate of drug-likeness (QED) is 0.232. The van der Waals surface area contributed by atoms with Crippen LogP contribution in [-0.4, -0.2) is 84.4 Å². The van der Waals surface area contributed by atoms with Crippen molar-refractivity contribution < 1.29 is 27.5 Å². The van der Waals surface area contributed by atoms with E-state index in [4.69, 9.17) is 14.5 Å². The summed E-state index contributed by atoms with van der Waals surface area (Å²) in [6.07, 6.45) is 11.0. The number of anilines is 1. The lowest BCUT2D eigenvalue weighted by molar-refractivity contribution is -0.124. The maximum atomic E-state index is 14.4. The zero-order valence-electron chi connectivity index (χ0n) is 30.0.